The number of hydrogen-bond donors (Lipinski definition) is 2. The van der Waals surface area contributed by atoms with Gasteiger partial charge in [-0.2, -0.15) is 0 Å². The van der Waals surface area contributed by atoms with Crippen LogP contribution in [0.2, 0.25) is 10.0 Å². The Kier molecular flexibility index (Phi) is 8.84. The van der Waals surface area contributed by atoms with Gasteiger partial charge in [0, 0.05) is 5.39 Å². The highest BCUT2D eigenvalue weighted by Gasteiger charge is 2.29. The standard InChI is InChI=1S/C29H24Cl2FNO5/c1-17(37-15-18-5-3-2-4-6-18)26(29(35)36)33-28(34)23-10-8-20-14-21(32)9-11-22(20)27(23)38-16-19-7-12-24(30)25(31)13-19/h2-14,17,26H,15-16H2,1H3,(H,33,34)(H,35,36). The van der Waals surface area contributed by atoms with Crippen LogP contribution in [0.3, 0.4) is 0 Å². The maximum absolute atomic E-state index is 13.9. The van der Waals surface area contributed by atoms with Gasteiger partial charge in [-0.05, 0) is 59.8 Å². The van der Waals surface area contributed by atoms with Crippen LogP contribution in [0.15, 0.2) is 78.9 Å². The van der Waals surface area contributed by atoms with E-state index in [1.165, 1.54) is 24.3 Å². The molecule has 0 aliphatic rings. The molecular weight excluding hydrogens is 532 g/mol. The fourth-order valence-corrected chi connectivity index (χ4v) is 4.21. The van der Waals surface area contributed by atoms with E-state index in [1.54, 1.807) is 31.2 Å². The summed E-state index contributed by atoms with van der Waals surface area (Å²) in [5.41, 5.74) is 1.65. The molecule has 0 radical (unpaired) electrons. The first-order valence-corrected chi connectivity index (χ1v) is 12.5. The van der Waals surface area contributed by atoms with Gasteiger partial charge < -0.3 is 19.9 Å². The summed E-state index contributed by atoms with van der Waals surface area (Å²) >= 11 is 12.1. The Balaban J connectivity index is 1.59. The zero-order chi connectivity index (χ0) is 27.2. The van der Waals surface area contributed by atoms with Gasteiger partial charge in [-0.15, -0.1) is 0 Å². The van der Waals surface area contributed by atoms with Crippen LogP contribution in [0.1, 0.15) is 28.4 Å². The van der Waals surface area contributed by atoms with Gasteiger partial charge in [-0.3, -0.25) is 4.79 Å². The van der Waals surface area contributed by atoms with Gasteiger partial charge in [-0.25, -0.2) is 9.18 Å². The number of carbonyl (C=O) groups is 2. The van der Waals surface area contributed by atoms with Crippen molar-refractivity contribution in [1.29, 1.82) is 0 Å². The number of fused-ring (bicyclic) bond motifs is 1. The summed E-state index contributed by atoms with van der Waals surface area (Å²) in [6.07, 6.45) is -0.841. The molecule has 2 N–H and O–H groups in total. The molecule has 0 aliphatic heterocycles. The molecule has 0 saturated carbocycles. The van der Waals surface area contributed by atoms with Crippen LogP contribution in [0, 0.1) is 5.82 Å². The molecule has 0 aliphatic carbocycles. The molecule has 0 saturated heterocycles. The minimum Gasteiger partial charge on any atom is -0.487 e. The zero-order valence-electron chi connectivity index (χ0n) is 20.3. The number of carboxylic acid groups (broad SMARTS) is 1. The highest BCUT2D eigenvalue weighted by atomic mass is 35.5. The van der Waals surface area contributed by atoms with Gasteiger partial charge in [0.2, 0.25) is 0 Å². The highest BCUT2D eigenvalue weighted by Crippen LogP contribution is 2.32. The summed E-state index contributed by atoms with van der Waals surface area (Å²) in [6.45, 7) is 1.79. The van der Waals surface area contributed by atoms with E-state index in [4.69, 9.17) is 32.7 Å². The molecule has 196 valence electrons. The third-order valence-corrected chi connectivity index (χ3v) is 6.66. The van der Waals surface area contributed by atoms with Crippen LogP contribution < -0.4 is 10.1 Å². The lowest BCUT2D eigenvalue weighted by Gasteiger charge is -2.23. The smallest absolute Gasteiger partial charge is 0.328 e. The molecule has 4 aromatic rings. The number of rotatable bonds is 10. The van der Waals surface area contributed by atoms with Crippen molar-refractivity contribution in [2.75, 3.05) is 0 Å². The number of aliphatic carboxylic acids is 1. The lowest BCUT2D eigenvalue weighted by atomic mass is 10.0. The summed E-state index contributed by atoms with van der Waals surface area (Å²) in [5.74, 6) is -2.20. The fourth-order valence-electron chi connectivity index (χ4n) is 3.89. The molecule has 2 atom stereocenters. The Morgan fingerprint density at radius 3 is 2.39 bits per heavy atom. The number of benzene rings is 4. The minimum absolute atomic E-state index is 0.0343. The van der Waals surface area contributed by atoms with E-state index in [2.05, 4.69) is 5.32 Å². The Morgan fingerprint density at radius 1 is 0.921 bits per heavy atom. The van der Waals surface area contributed by atoms with Crippen LogP contribution in [-0.2, 0) is 22.7 Å². The number of carbonyl (C=O) groups excluding carboxylic acids is 1. The van der Waals surface area contributed by atoms with Gasteiger partial charge >= 0.3 is 5.97 Å². The van der Waals surface area contributed by atoms with Crippen LogP contribution >= 0.6 is 23.2 Å². The van der Waals surface area contributed by atoms with E-state index in [0.717, 1.165) is 5.56 Å². The summed E-state index contributed by atoms with van der Waals surface area (Å²) in [7, 11) is 0. The van der Waals surface area contributed by atoms with Crippen molar-refractivity contribution in [2.45, 2.75) is 32.3 Å². The summed E-state index contributed by atoms with van der Waals surface area (Å²) < 4.78 is 25.7. The third kappa shape index (κ3) is 6.61. The van der Waals surface area contributed by atoms with Gasteiger partial charge in [0.25, 0.3) is 5.91 Å². The average molecular weight is 556 g/mol. The van der Waals surface area contributed by atoms with Gasteiger partial charge in [-0.1, -0.05) is 65.7 Å². The van der Waals surface area contributed by atoms with E-state index >= 15 is 0 Å². The van der Waals surface area contributed by atoms with Crippen LogP contribution in [0.5, 0.6) is 5.75 Å². The molecule has 4 rings (SSSR count). The largest absolute Gasteiger partial charge is 0.487 e. The first kappa shape index (κ1) is 27.4. The molecule has 9 heteroatoms. The van der Waals surface area contributed by atoms with Crippen LogP contribution in [-0.4, -0.2) is 29.1 Å². The van der Waals surface area contributed by atoms with Crippen molar-refractivity contribution in [3.05, 3.63) is 111 Å². The minimum atomic E-state index is -1.34. The average Bonchev–Trinajstić information content (AvgIpc) is 2.90. The molecule has 0 spiro atoms. The number of nitrogens with one attached hydrogen (secondary N) is 1. The molecule has 38 heavy (non-hydrogen) atoms. The monoisotopic (exact) mass is 555 g/mol. The normalized spacial score (nSPS) is 12.6. The first-order valence-electron chi connectivity index (χ1n) is 11.7. The third-order valence-electron chi connectivity index (χ3n) is 5.92. The van der Waals surface area contributed by atoms with Crippen LogP contribution in [0.25, 0.3) is 10.8 Å². The van der Waals surface area contributed by atoms with Crippen molar-refractivity contribution < 1.29 is 28.6 Å². The summed E-state index contributed by atoms with van der Waals surface area (Å²) in [5, 5.41) is 14.1. The SMILES string of the molecule is CC(OCc1ccccc1)C(NC(=O)c1ccc2cc(F)ccc2c1OCc1ccc(Cl)c(Cl)c1)C(=O)O. The van der Waals surface area contributed by atoms with Crippen molar-refractivity contribution in [1.82, 2.24) is 5.32 Å². The highest BCUT2D eigenvalue weighted by molar-refractivity contribution is 6.42. The number of hydrogen-bond acceptors (Lipinski definition) is 4. The molecule has 4 aromatic carbocycles. The van der Waals surface area contributed by atoms with E-state index in [-0.39, 0.29) is 24.5 Å². The van der Waals surface area contributed by atoms with Crippen LogP contribution in [0.4, 0.5) is 4.39 Å². The Labute approximate surface area is 228 Å². The Hall–Kier alpha value is -3.65. The lowest BCUT2D eigenvalue weighted by Crippen LogP contribution is -2.48. The van der Waals surface area contributed by atoms with E-state index < -0.39 is 29.8 Å². The molecule has 0 aromatic heterocycles. The molecule has 0 heterocycles. The maximum Gasteiger partial charge on any atom is 0.328 e. The summed E-state index contributed by atoms with van der Waals surface area (Å²) in [4.78, 5) is 25.4. The predicted molar refractivity (Wildman–Crippen MR) is 144 cm³/mol. The molecular formula is C29H24Cl2FNO5. The second kappa shape index (κ2) is 12.3. The number of halogens is 3. The predicted octanol–water partition coefficient (Wildman–Crippen LogP) is 6.65. The van der Waals surface area contributed by atoms with E-state index in [0.29, 0.717) is 26.4 Å². The van der Waals surface area contributed by atoms with Crippen molar-refractivity contribution in [3.8, 4) is 5.75 Å². The van der Waals surface area contributed by atoms with E-state index in [1.807, 2.05) is 30.3 Å². The first-order chi connectivity index (χ1) is 18.2. The van der Waals surface area contributed by atoms with E-state index in [9.17, 15) is 19.1 Å². The van der Waals surface area contributed by atoms with Gasteiger partial charge in [0.05, 0.1) is 28.3 Å². The molecule has 1 amide bonds. The quantitative estimate of drug-likeness (QED) is 0.229. The fraction of sp³-hybridized carbons (Fsp3) is 0.172. The molecule has 6 nitrogen and oxygen atoms in total. The van der Waals surface area contributed by atoms with Gasteiger partial charge in [0.1, 0.15) is 18.2 Å². The zero-order valence-corrected chi connectivity index (χ0v) is 21.8. The summed E-state index contributed by atoms with van der Waals surface area (Å²) in [6, 6.07) is 20.1. The van der Waals surface area contributed by atoms with Crippen molar-refractivity contribution in [2.24, 2.45) is 0 Å². The van der Waals surface area contributed by atoms with Gasteiger partial charge in [0.15, 0.2) is 6.04 Å². The second-order valence-corrected chi connectivity index (χ2v) is 9.45. The Morgan fingerprint density at radius 2 is 1.68 bits per heavy atom. The number of carboxylic acids is 1. The maximum atomic E-state index is 13.9. The van der Waals surface area contributed by atoms with Crippen molar-refractivity contribution >= 4 is 45.9 Å². The Bertz CT molecular complexity index is 1460. The molecule has 2 unspecified atom stereocenters. The second-order valence-electron chi connectivity index (χ2n) is 8.64. The lowest BCUT2D eigenvalue weighted by molar-refractivity contribution is -0.143. The molecule has 0 bridgehead atoms. The number of ether oxygens (including phenoxy) is 2. The molecule has 0 fully saturated rings. The topological polar surface area (TPSA) is 84.9 Å². The van der Waals surface area contributed by atoms with Crippen molar-refractivity contribution in [3.63, 3.8) is 0 Å². The number of amides is 1.